The first-order valence-electron chi connectivity index (χ1n) is 7.62. The van der Waals surface area contributed by atoms with Crippen molar-refractivity contribution in [3.05, 3.63) is 24.3 Å². The molecule has 3 aromatic rings. The van der Waals surface area contributed by atoms with E-state index in [4.69, 9.17) is 4.98 Å². The molecule has 5 rings (SSSR count). The fourth-order valence-corrected chi connectivity index (χ4v) is 4.64. The quantitative estimate of drug-likeness (QED) is 0.731. The zero-order valence-corrected chi connectivity index (χ0v) is 11.6. The summed E-state index contributed by atoms with van der Waals surface area (Å²) in [4.78, 5) is 12.4. The molecule has 1 N–H and O–H groups in total. The van der Waals surface area contributed by atoms with Gasteiger partial charge in [-0.1, -0.05) is 6.42 Å². The summed E-state index contributed by atoms with van der Waals surface area (Å²) < 4.78 is 2.51. The van der Waals surface area contributed by atoms with E-state index in [1.165, 1.54) is 36.6 Å². The first-order chi connectivity index (χ1) is 9.81. The highest BCUT2D eigenvalue weighted by Crippen LogP contribution is 2.51. The van der Waals surface area contributed by atoms with Gasteiger partial charge in [0, 0.05) is 17.6 Å². The highest BCUT2D eigenvalue weighted by Gasteiger charge is 2.41. The molecule has 2 aliphatic rings. The summed E-state index contributed by atoms with van der Waals surface area (Å²) in [5, 5.41) is 1.21. The molecule has 2 fully saturated rings. The normalized spacial score (nSPS) is 28.9. The van der Waals surface area contributed by atoms with Crippen LogP contribution in [0, 0.1) is 18.8 Å². The van der Waals surface area contributed by atoms with Crippen molar-refractivity contribution in [3.8, 4) is 0 Å². The van der Waals surface area contributed by atoms with Gasteiger partial charge in [0.25, 0.3) is 0 Å². The van der Waals surface area contributed by atoms with E-state index in [9.17, 15) is 0 Å². The maximum Gasteiger partial charge on any atom is 0.139 e. The zero-order valence-electron chi connectivity index (χ0n) is 11.6. The van der Waals surface area contributed by atoms with Crippen LogP contribution in [0.5, 0.6) is 0 Å². The van der Waals surface area contributed by atoms with Crippen LogP contribution in [-0.2, 0) is 0 Å². The maximum absolute atomic E-state index is 4.76. The monoisotopic (exact) mass is 266 g/mol. The molecule has 0 spiro atoms. The molecule has 4 nitrogen and oxygen atoms in total. The summed E-state index contributed by atoms with van der Waals surface area (Å²) in [5.74, 6) is 2.96. The van der Waals surface area contributed by atoms with Gasteiger partial charge in [0.2, 0.25) is 0 Å². The smallest absolute Gasteiger partial charge is 0.139 e. The number of nitrogens with zero attached hydrogens (tertiary/aromatic N) is 3. The predicted molar refractivity (Wildman–Crippen MR) is 78.6 cm³/mol. The molecule has 3 aromatic heterocycles. The number of pyridine rings is 1. The molecule has 0 aromatic carbocycles. The largest absolute Gasteiger partial charge is 0.346 e. The van der Waals surface area contributed by atoms with Crippen LogP contribution >= 0.6 is 0 Å². The number of imidazole rings is 1. The van der Waals surface area contributed by atoms with Crippen LogP contribution in [0.2, 0.25) is 0 Å². The minimum absolute atomic E-state index is 0.652. The molecule has 20 heavy (non-hydrogen) atoms. The topological polar surface area (TPSA) is 46.5 Å². The second kappa shape index (κ2) is 3.62. The SMILES string of the molecule is Cc1nc2cnc3[nH]ccc3c2n1[C@@H]1C[C@H]2CC[C@@H]1C2. The van der Waals surface area contributed by atoms with Crippen LogP contribution in [0.15, 0.2) is 18.5 Å². The fraction of sp³-hybridized carbons (Fsp3) is 0.500. The maximum atomic E-state index is 4.76. The minimum atomic E-state index is 0.652. The van der Waals surface area contributed by atoms with Crippen molar-refractivity contribution in [2.24, 2.45) is 11.8 Å². The molecule has 0 saturated heterocycles. The lowest BCUT2D eigenvalue weighted by Gasteiger charge is -2.25. The summed E-state index contributed by atoms with van der Waals surface area (Å²) >= 11 is 0. The molecule has 3 atom stereocenters. The lowest BCUT2D eigenvalue weighted by atomic mass is 9.95. The first kappa shape index (κ1) is 10.9. The minimum Gasteiger partial charge on any atom is -0.346 e. The first-order valence-corrected chi connectivity index (χ1v) is 7.62. The standard InChI is InChI=1S/C16H18N4/c1-9-19-13-8-18-16-12(4-5-17-16)15(13)20(9)14-7-10-2-3-11(14)6-10/h4-5,8,10-11,14H,2-3,6-7H2,1H3,(H,17,18)/t10-,11+,14+/m0/s1. The molecule has 2 aliphatic carbocycles. The van der Waals surface area contributed by atoms with Gasteiger partial charge in [0.05, 0.1) is 11.7 Å². The van der Waals surface area contributed by atoms with Gasteiger partial charge in [-0.25, -0.2) is 9.97 Å². The molecule has 4 heteroatoms. The zero-order chi connectivity index (χ0) is 13.3. The second-order valence-corrected chi connectivity index (χ2v) is 6.50. The number of aryl methyl sites for hydroxylation is 1. The molecule has 0 amide bonds. The van der Waals surface area contributed by atoms with E-state index >= 15 is 0 Å². The summed E-state index contributed by atoms with van der Waals surface area (Å²) in [5.41, 5.74) is 3.30. The average molecular weight is 266 g/mol. The van der Waals surface area contributed by atoms with Crippen molar-refractivity contribution in [1.82, 2.24) is 19.5 Å². The van der Waals surface area contributed by atoms with Crippen molar-refractivity contribution >= 4 is 22.1 Å². The molecule has 2 bridgehead atoms. The summed E-state index contributed by atoms with van der Waals surface area (Å²) in [6.45, 7) is 2.14. The summed E-state index contributed by atoms with van der Waals surface area (Å²) in [6, 6.07) is 2.79. The third kappa shape index (κ3) is 1.27. The molecular weight excluding hydrogens is 248 g/mol. The summed E-state index contributed by atoms with van der Waals surface area (Å²) in [6.07, 6.45) is 9.48. The Morgan fingerprint density at radius 3 is 3.05 bits per heavy atom. The Labute approximate surface area is 117 Å². The van der Waals surface area contributed by atoms with E-state index in [-0.39, 0.29) is 0 Å². The van der Waals surface area contributed by atoms with Crippen molar-refractivity contribution in [2.75, 3.05) is 0 Å². The second-order valence-electron chi connectivity index (χ2n) is 6.50. The molecule has 0 unspecified atom stereocenters. The van der Waals surface area contributed by atoms with E-state index in [0.717, 1.165) is 28.8 Å². The molecule has 0 aliphatic heterocycles. The molecule has 3 heterocycles. The van der Waals surface area contributed by atoms with Gasteiger partial charge >= 0.3 is 0 Å². The van der Waals surface area contributed by atoms with Gasteiger partial charge in [-0.2, -0.15) is 0 Å². The number of nitrogens with one attached hydrogen (secondary N) is 1. The van der Waals surface area contributed by atoms with E-state index in [0.29, 0.717) is 6.04 Å². The third-order valence-electron chi connectivity index (χ3n) is 5.44. The van der Waals surface area contributed by atoms with Gasteiger partial charge in [0.1, 0.15) is 17.0 Å². The van der Waals surface area contributed by atoms with E-state index in [1.54, 1.807) is 0 Å². The Bertz CT molecular complexity index is 812. The molecule has 2 saturated carbocycles. The lowest BCUT2D eigenvalue weighted by Crippen LogP contribution is -2.17. The number of hydrogen-bond acceptors (Lipinski definition) is 2. The number of aromatic amines is 1. The van der Waals surface area contributed by atoms with Crippen LogP contribution in [0.1, 0.15) is 37.5 Å². The lowest BCUT2D eigenvalue weighted by molar-refractivity contribution is 0.332. The van der Waals surface area contributed by atoms with Gasteiger partial charge in [-0.15, -0.1) is 0 Å². The van der Waals surface area contributed by atoms with E-state index in [1.807, 2.05) is 12.4 Å². The van der Waals surface area contributed by atoms with Crippen LogP contribution < -0.4 is 0 Å². The Hall–Kier alpha value is -1.84. The van der Waals surface area contributed by atoms with Crippen molar-refractivity contribution in [1.29, 1.82) is 0 Å². The van der Waals surface area contributed by atoms with E-state index < -0.39 is 0 Å². The van der Waals surface area contributed by atoms with Crippen LogP contribution in [0.3, 0.4) is 0 Å². The number of aromatic nitrogens is 4. The number of H-pyrrole nitrogens is 1. The average Bonchev–Trinajstić information content (AvgIpc) is 3.19. The van der Waals surface area contributed by atoms with Crippen molar-refractivity contribution < 1.29 is 0 Å². The summed E-state index contributed by atoms with van der Waals surface area (Å²) in [7, 11) is 0. The van der Waals surface area contributed by atoms with Gasteiger partial charge in [-0.05, 0) is 44.1 Å². The predicted octanol–water partition coefficient (Wildman–Crippen LogP) is 3.58. The Kier molecular flexibility index (Phi) is 1.97. The molecule has 102 valence electrons. The number of hydrogen-bond donors (Lipinski definition) is 1. The molecular formula is C16H18N4. The van der Waals surface area contributed by atoms with Gasteiger partial charge in [-0.3, -0.25) is 0 Å². The highest BCUT2D eigenvalue weighted by atomic mass is 15.1. The van der Waals surface area contributed by atoms with Crippen LogP contribution in [0.25, 0.3) is 22.1 Å². The molecule has 0 radical (unpaired) electrons. The number of fused-ring (bicyclic) bond motifs is 5. The Morgan fingerprint density at radius 1 is 1.30 bits per heavy atom. The number of rotatable bonds is 1. The Balaban J connectivity index is 1.82. The highest BCUT2D eigenvalue weighted by molar-refractivity contribution is 6.01. The van der Waals surface area contributed by atoms with Crippen LogP contribution in [0.4, 0.5) is 0 Å². The third-order valence-corrected chi connectivity index (χ3v) is 5.44. The van der Waals surface area contributed by atoms with Gasteiger partial charge < -0.3 is 9.55 Å². The van der Waals surface area contributed by atoms with Gasteiger partial charge in [0.15, 0.2) is 0 Å². The van der Waals surface area contributed by atoms with E-state index in [2.05, 4.69) is 27.5 Å². The van der Waals surface area contributed by atoms with Crippen molar-refractivity contribution in [2.45, 2.75) is 38.6 Å². The fourth-order valence-electron chi connectivity index (χ4n) is 4.64. The van der Waals surface area contributed by atoms with Crippen LogP contribution in [-0.4, -0.2) is 19.5 Å². The Morgan fingerprint density at radius 2 is 2.25 bits per heavy atom. The van der Waals surface area contributed by atoms with Crippen molar-refractivity contribution in [3.63, 3.8) is 0 Å².